The summed E-state index contributed by atoms with van der Waals surface area (Å²) in [7, 11) is 0. The standard InChI is InChI=1S/C17H15Br2NO5/c18-14-9-5-10(15(14)19)13-12(9)16(23)20(17(13)24)7-1-3-8(4-2-7)25-6-11(21)22/h1-4,9-10,12-15H,5-6H2,(H,21,22)/t9-,10-,12-,13+,14-,15+/m1/s1. The number of benzene rings is 1. The number of carbonyl (C=O) groups is 3. The van der Waals surface area contributed by atoms with Gasteiger partial charge in [-0.2, -0.15) is 0 Å². The van der Waals surface area contributed by atoms with Crippen molar-refractivity contribution in [2.45, 2.75) is 16.1 Å². The van der Waals surface area contributed by atoms with E-state index < -0.39 is 12.6 Å². The molecule has 25 heavy (non-hydrogen) atoms. The van der Waals surface area contributed by atoms with E-state index in [0.29, 0.717) is 11.4 Å². The Bertz CT molecular complexity index is 720. The third-order valence-electron chi connectivity index (χ3n) is 5.44. The highest BCUT2D eigenvalue weighted by Gasteiger charge is 2.66. The molecule has 6 atom stereocenters. The van der Waals surface area contributed by atoms with E-state index in [9.17, 15) is 14.4 Å². The second-order valence-electron chi connectivity index (χ2n) is 6.69. The lowest BCUT2D eigenvalue weighted by Gasteiger charge is -2.28. The van der Waals surface area contributed by atoms with Gasteiger partial charge in [0.2, 0.25) is 11.8 Å². The predicted molar refractivity (Wildman–Crippen MR) is 96.1 cm³/mol. The third kappa shape index (κ3) is 2.52. The Kier molecular flexibility index (Phi) is 4.15. The second kappa shape index (κ2) is 6.09. The summed E-state index contributed by atoms with van der Waals surface area (Å²) >= 11 is 7.33. The molecule has 3 fully saturated rings. The Labute approximate surface area is 160 Å². The molecule has 1 N–H and O–H groups in total. The van der Waals surface area contributed by atoms with Crippen LogP contribution >= 0.6 is 31.9 Å². The number of aliphatic carboxylic acids is 1. The number of rotatable bonds is 4. The van der Waals surface area contributed by atoms with Crippen molar-refractivity contribution in [3.63, 3.8) is 0 Å². The van der Waals surface area contributed by atoms with E-state index in [4.69, 9.17) is 9.84 Å². The zero-order valence-corrected chi connectivity index (χ0v) is 16.1. The monoisotopic (exact) mass is 471 g/mol. The summed E-state index contributed by atoms with van der Waals surface area (Å²) in [5.41, 5.74) is 0.503. The number of imide groups is 1. The van der Waals surface area contributed by atoms with Crippen molar-refractivity contribution in [1.82, 2.24) is 0 Å². The van der Waals surface area contributed by atoms with Gasteiger partial charge in [-0.1, -0.05) is 31.9 Å². The highest BCUT2D eigenvalue weighted by molar-refractivity contribution is 9.12. The van der Waals surface area contributed by atoms with Gasteiger partial charge in [0.1, 0.15) is 5.75 Å². The molecule has 1 aliphatic heterocycles. The number of hydrogen-bond acceptors (Lipinski definition) is 4. The number of carbonyl (C=O) groups excluding carboxylic acids is 2. The minimum Gasteiger partial charge on any atom is -0.482 e. The van der Waals surface area contributed by atoms with Crippen LogP contribution in [0.15, 0.2) is 24.3 Å². The molecule has 2 amide bonds. The fourth-order valence-electron chi connectivity index (χ4n) is 4.44. The minimum atomic E-state index is -1.06. The third-order valence-corrected chi connectivity index (χ3v) is 8.65. The predicted octanol–water partition coefficient (Wildman–Crippen LogP) is 2.43. The lowest BCUT2D eigenvalue weighted by Crippen LogP contribution is -2.37. The van der Waals surface area contributed by atoms with E-state index in [-0.39, 0.29) is 45.1 Å². The van der Waals surface area contributed by atoms with Gasteiger partial charge in [-0.05, 0) is 42.5 Å². The minimum absolute atomic E-state index is 0.134. The molecular weight excluding hydrogens is 458 g/mol. The molecule has 4 rings (SSSR count). The van der Waals surface area contributed by atoms with Crippen LogP contribution in [-0.2, 0) is 14.4 Å². The fraction of sp³-hybridized carbons (Fsp3) is 0.471. The van der Waals surface area contributed by atoms with E-state index in [1.165, 1.54) is 4.90 Å². The molecule has 0 spiro atoms. The van der Waals surface area contributed by atoms with Crippen LogP contribution in [0.3, 0.4) is 0 Å². The SMILES string of the molecule is O=C(O)COc1ccc(N2C(=O)[C@@H]3[C@H]4C[C@@H]([C@H](Br)[C@@H]4Br)[C@@H]3C2=O)cc1. The number of hydrogen-bond donors (Lipinski definition) is 1. The Balaban J connectivity index is 1.57. The lowest BCUT2D eigenvalue weighted by molar-refractivity contribution is -0.139. The van der Waals surface area contributed by atoms with E-state index >= 15 is 0 Å². The van der Waals surface area contributed by atoms with Gasteiger partial charge in [-0.3, -0.25) is 14.5 Å². The smallest absolute Gasteiger partial charge is 0.341 e. The summed E-state index contributed by atoms with van der Waals surface area (Å²) < 4.78 is 5.09. The van der Waals surface area contributed by atoms with Gasteiger partial charge < -0.3 is 9.84 Å². The van der Waals surface area contributed by atoms with Crippen molar-refractivity contribution in [1.29, 1.82) is 0 Å². The first kappa shape index (κ1) is 17.0. The normalized spacial score (nSPS) is 36.0. The van der Waals surface area contributed by atoms with Crippen molar-refractivity contribution in [3.05, 3.63) is 24.3 Å². The number of ether oxygens (including phenoxy) is 1. The highest BCUT2D eigenvalue weighted by atomic mass is 79.9. The summed E-state index contributed by atoms with van der Waals surface area (Å²) in [6.07, 6.45) is 0.897. The summed E-state index contributed by atoms with van der Waals surface area (Å²) in [6, 6.07) is 6.38. The van der Waals surface area contributed by atoms with Crippen LogP contribution in [0.4, 0.5) is 5.69 Å². The van der Waals surface area contributed by atoms with E-state index in [2.05, 4.69) is 31.9 Å². The summed E-state index contributed by atoms with van der Waals surface area (Å²) in [5.74, 6) is -1.09. The first-order chi connectivity index (χ1) is 11.9. The molecule has 0 unspecified atom stereocenters. The molecule has 2 saturated carbocycles. The largest absolute Gasteiger partial charge is 0.482 e. The highest BCUT2D eigenvalue weighted by Crippen LogP contribution is 2.60. The first-order valence-corrected chi connectivity index (χ1v) is 9.84. The molecular formula is C17H15Br2NO5. The fourth-order valence-corrected chi connectivity index (χ4v) is 6.31. The number of nitrogens with zero attached hydrogens (tertiary/aromatic N) is 1. The van der Waals surface area contributed by atoms with Gasteiger partial charge in [0.15, 0.2) is 6.61 Å². The maximum absolute atomic E-state index is 12.9. The van der Waals surface area contributed by atoms with E-state index in [1.807, 2.05) is 0 Å². The number of halogens is 2. The molecule has 0 aromatic heterocycles. The first-order valence-electron chi connectivity index (χ1n) is 8.00. The van der Waals surface area contributed by atoms with Crippen molar-refractivity contribution in [3.8, 4) is 5.75 Å². The Hall–Kier alpha value is -1.41. The number of fused-ring (bicyclic) bond motifs is 5. The number of carboxylic acid groups (broad SMARTS) is 1. The van der Waals surface area contributed by atoms with E-state index in [1.54, 1.807) is 24.3 Å². The van der Waals surface area contributed by atoms with Gasteiger partial charge in [0.25, 0.3) is 0 Å². The van der Waals surface area contributed by atoms with Gasteiger partial charge in [0.05, 0.1) is 17.5 Å². The molecule has 1 saturated heterocycles. The van der Waals surface area contributed by atoms with Crippen LogP contribution in [0.25, 0.3) is 0 Å². The lowest BCUT2D eigenvalue weighted by atomic mass is 9.81. The summed E-state index contributed by atoms with van der Waals surface area (Å²) in [6.45, 7) is -0.437. The molecule has 2 bridgehead atoms. The molecule has 0 radical (unpaired) electrons. The molecule has 2 aliphatic carbocycles. The van der Waals surface area contributed by atoms with Gasteiger partial charge >= 0.3 is 5.97 Å². The van der Waals surface area contributed by atoms with Crippen molar-refractivity contribution in [2.75, 3.05) is 11.5 Å². The van der Waals surface area contributed by atoms with Crippen LogP contribution in [-0.4, -0.2) is 39.2 Å². The number of carboxylic acids is 1. The maximum Gasteiger partial charge on any atom is 0.341 e. The molecule has 1 heterocycles. The quantitative estimate of drug-likeness (QED) is 0.537. The average molecular weight is 473 g/mol. The molecule has 8 heteroatoms. The van der Waals surface area contributed by atoms with Crippen LogP contribution in [0.2, 0.25) is 0 Å². The molecule has 1 aromatic carbocycles. The van der Waals surface area contributed by atoms with Gasteiger partial charge in [0, 0.05) is 9.65 Å². The van der Waals surface area contributed by atoms with Crippen LogP contribution < -0.4 is 9.64 Å². The maximum atomic E-state index is 12.9. The number of amides is 2. The van der Waals surface area contributed by atoms with Gasteiger partial charge in [-0.25, -0.2) is 4.79 Å². The average Bonchev–Trinajstić information content (AvgIpc) is 3.19. The zero-order chi connectivity index (χ0) is 17.9. The van der Waals surface area contributed by atoms with Gasteiger partial charge in [-0.15, -0.1) is 0 Å². The number of anilines is 1. The molecule has 3 aliphatic rings. The van der Waals surface area contributed by atoms with E-state index in [0.717, 1.165) is 6.42 Å². The summed E-state index contributed by atoms with van der Waals surface area (Å²) in [4.78, 5) is 38.0. The zero-order valence-electron chi connectivity index (χ0n) is 13.0. The Morgan fingerprint density at radius 3 is 2.08 bits per heavy atom. The Morgan fingerprint density at radius 1 is 1.08 bits per heavy atom. The second-order valence-corrected chi connectivity index (χ2v) is 8.81. The molecule has 6 nitrogen and oxygen atoms in total. The van der Waals surface area contributed by atoms with Crippen molar-refractivity contribution >= 4 is 55.3 Å². The van der Waals surface area contributed by atoms with Crippen LogP contribution in [0.1, 0.15) is 6.42 Å². The number of alkyl halides is 2. The topological polar surface area (TPSA) is 83.9 Å². The summed E-state index contributed by atoms with van der Waals surface area (Å²) in [5, 5.41) is 8.63. The van der Waals surface area contributed by atoms with Crippen molar-refractivity contribution in [2.24, 2.45) is 23.7 Å². The molecule has 1 aromatic rings. The van der Waals surface area contributed by atoms with Crippen molar-refractivity contribution < 1.29 is 24.2 Å². The Morgan fingerprint density at radius 2 is 1.60 bits per heavy atom. The molecule has 132 valence electrons. The van der Waals surface area contributed by atoms with Crippen LogP contribution in [0, 0.1) is 23.7 Å². The van der Waals surface area contributed by atoms with Crippen LogP contribution in [0.5, 0.6) is 5.75 Å².